The summed E-state index contributed by atoms with van der Waals surface area (Å²) < 4.78 is 39.6. The molecule has 2 N–H and O–H groups in total. The second-order valence-electron chi connectivity index (χ2n) is 21.2. The largest absolute Gasteiger partial charge is 0.472 e. The number of hydrogen-bond donors (Lipinski definition) is 2. The minimum Gasteiger partial charge on any atom is -0.462 e. The molecule has 0 aliphatic heterocycles. The normalized spacial score (nSPS) is 13.4. The average molecular weight is 1070 g/mol. The molecule has 0 aliphatic carbocycles. The van der Waals surface area contributed by atoms with Crippen LogP contribution >= 0.6 is 7.82 Å². The van der Waals surface area contributed by atoms with E-state index in [-0.39, 0.29) is 25.9 Å². The SMILES string of the molecule is CCCCC/C=C\C/C=C\CCCCCCCCCC(=O)OC(COC(=O)CCCCCCCCCCCCCCC)COP(=O)(O)OCC(CO)OC(=O)CCCCCCCCCCCCCCCCCCC. The first-order valence-electron chi connectivity index (χ1n) is 31.2. The number of aliphatic hydroxyl groups is 1. The Labute approximate surface area is 455 Å². The third kappa shape index (κ3) is 54.7. The van der Waals surface area contributed by atoms with Gasteiger partial charge in [-0.15, -0.1) is 0 Å². The molecule has 3 unspecified atom stereocenters. The number of rotatable bonds is 59. The van der Waals surface area contributed by atoms with E-state index >= 15 is 0 Å². The van der Waals surface area contributed by atoms with Crippen molar-refractivity contribution in [3.63, 3.8) is 0 Å². The molecular formula is C62H117O11P. The molecule has 0 rings (SSSR count). The molecule has 0 fully saturated rings. The van der Waals surface area contributed by atoms with Crippen molar-refractivity contribution in [2.75, 3.05) is 26.4 Å². The fraction of sp³-hybridized carbons (Fsp3) is 0.887. The van der Waals surface area contributed by atoms with Gasteiger partial charge in [-0.05, 0) is 51.4 Å². The zero-order chi connectivity index (χ0) is 54.1. The van der Waals surface area contributed by atoms with Gasteiger partial charge in [0.05, 0.1) is 19.8 Å². The second kappa shape index (κ2) is 57.1. The third-order valence-corrected chi connectivity index (χ3v) is 14.8. The van der Waals surface area contributed by atoms with Gasteiger partial charge in [0.25, 0.3) is 0 Å². The van der Waals surface area contributed by atoms with Crippen molar-refractivity contribution >= 4 is 25.7 Å². The van der Waals surface area contributed by atoms with E-state index in [9.17, 15) is 28.9 Å². The van der Waals surface area contributed by atoms with Crippen LogP contribution in [-0.2, 0) is 42.2 Å². The fourth-order valence-corrected chi connectivity index (χ4v) is 9.88. The summed E-state index contributed by atoms with van der Waals surface area (Å²) in [6.45, 7) is 4.68. The molecule has 0 aliphatic rings. The minimum atomic E-state index is -4.74. The van der Waals surface area contributed by atoms with E-state index in [0.717, 1.165) is 77.0 Å². The number of phosphoric acid groups is 1. The second-order valence-corrected chi connectivity index (χ2v) is 22.7. The molecule has 0 saturated carbocycles. The highest BCUT2D eigenvalue weighted by molar-refractivity contribution is 7.47. The maximum Gasteiger partial charge on any atom is 0.472 e. The van der Waals surface area contributed by atoms with Crippen molar-refractivity contribution in [1.82, 2.24) is 0 Å². The molecule has 0 aromatic heterocycles. The maximum atomic E-state index is 12.9. The quantitative estimate of drug-likeness (QED) is 0.0197. The molecule has 11 nitrogen and oxygen atoms in total. The fourth-order valence-electron chi connectivity index (χ4n) is 9.10. The van der Waals surface area contributed by atoms with Gasteiger partial charge in [-0.1, -0.05) is 270 Å². The molecule has 0 saturated heterocycles. The number of carbonyl (C=O) groups is 3. The number of carbonyl (C=O) groups excluding carboxylic acids is 3. The van der Waals surface area contributed by atoms with Gasteiger partial charge in [-0.2, -0.15) is 0 Å². The monoisotopic (exact) mass is 1070 g/mol. The van der Waals surface area contributed by atoms with Crippen LogP contribution in [-0.4, -0.2) is 66.5 Å². The van der Waals surface area contributed by atoms with Crippen molar-refractivity contribution in [2.45, 2.75) is 328 Å². The van der Waals surface area contributed by atoms with Gasteiger partial charge in [0, 0.05) is 19.3 Å². The van der Waals surface area contributed by atoms with Gasteiger partial charge in [0.2, 0.25) is 0 Å². The van der Waals surface area contributed by atoms with Crippen LogP contribution in [0.25, 0.3) is 0 Å². The first-order chi connectivity index (χ1) is 36.2. The summed E-state index contributed by atoms with van der Waals surface area (Å²) in [5, 5.41) is 9.84. The van der Waals surface area contributed by atoms with Gasteiger partial charge >= 0.3 is 25.7 Å². The summed E-state index contributed by atoms with van der Waals surface area (Å²) in [5.41, 5.74) is 0. The van der Waals surface area contributed by atoms with Crippen LogP contribution in [0, 0.1) is 0 Å². The zero-order valence-electron chi connectivity index (χ0n) is 48.3. The Balaban J connectivity index is 4.64. The predicted octanol–water partition coefficient (Wildman–Crippen LogP) is 18.6. The standard InChI is InChI=1S/C62H117O11P/c1-4-7-10-13-16-19-22-25-27-29-31-34-37-40-43-46-49-52-61(65)72-58(54-63)56-70-74(67,68)71-57-59(55-69-60(64)51-48-45-42-39-36-33-24-21-18-15-12-9-6-3)73-62(66)53-50-47-44-41-38-35-32-30-28-26-23-20-17-14-11-8-5-2/h17,20,26,28,58-59,63H,4-16,18-19,21-25,27,29-57H2,1-3H3,(H,67,68)/b20-17-,28-26-. The number of esters is 3. The first kappa shape index (κ1) is 72.0. The summed E-state index contributed by atoms with van der Waals surface area (Å²) in [6.07, 6.45) is 58.4. The minimum absolute atomic E-state index is 0.164. The molecule has 0 spiro atoms. The van der Waals surface area contributed by atoms with Crippen molar-refractivity contribution in [2.24, 2.45) is 0 Å². The number of ether oxygens (including phenoxy) is 3. The highest BCUT2D eigenvalue weighted by Gasteiger charge is 2.28. The van der Waals surface area contributed by atoms with Crippen molar-refractivity contribution in [3.05, 3.63) is 24.3 Å². The predicted molar refractivity (Wildman–Crippen MR) is 307 cm³/mol. The van der Waals surface area contributed by atoms with E-state index in [0.29, 0.717) is 19.3 Å². The summed E-state index contributed by atoms with van der Waals surface area (Å²) in [7, 11) is -4.74. The Kier molecular flexibility index (Phi) is 55.6. The van der Waals surface area contributed by atoms with E-state index in [1.807, 2.05) is 0 Å². The highest BCUT2D eigenvalue weighted by atomic mass is 31.2. The molecule has 74 heavy (non-hydrogen) atoms. The number of allylic oxidation sites excluding steroid dienone is 4. The Morgan fingerprint density at radius 1 is 0.378 bits per heavy atom. The summed E-state index contributed by atoms with van der Waals surface area (Å²) in [4.78, 5) is 48.6. The highest BCUT2D eigenvalue weighted by Crippen LogP contribution is 2.43. The topological polar surface area (TPSA) is 155 Å². The number of aliphatic hydroxyl groups excluding tert-OH is 1. The van der Waals surface area contributed by atoms with Crippen LogP contribution in [0.15, 0.2) is 24.3 Å². The van der Waals surface area contributed by atoms with E-state index in [1.165, 1.54) is 180 Å². The molecule has 0 amide bonds. The number of phosphoric ester groups is 1. The molecule has 0 heterocycles. The lowest BCUT2D eigenvalue weighted by atomic mass is 10.0. The Bertz CT molecular complexity index is 1340. The summed E-state index contributed by atoms with van der Waals surface area (Å²) in [6, 6.07) is 0. The number of hydrogen-bond acceptors (Lipinski definition) is 10. The molecule has 3 atom stereocenters. The van der Waals surface area contributed by atoms with Gasteiger partial charge in [0.1, 0.15) is 12.7 Å². The van der Waals surface area contributed by atoms with Crippen LogP contribution in [0.2, 0.25) is 0 Å². The van der Waals surface area contributed by atoms with Crippen molar-refractivity contribution in [3.8, 4) is 0 Å². The van der Waals surface area contributed by atoms with Gasteiger partial charge in [-0.25, -0.2) is 4.57 Å². The zero-order valence-corrected chi connectivity index (χ0v) is 49.2. The molecule has 0 aromatic carbocycles. The molecule has 436 valence electrons. The molecule has 0 aromatic rings. The van der Waals surface area contributed by atoms with Crippen LogP contribution < -0.4 is 0 Å². The van der Waals surface area contributed by atoms with E-state index in [2.05, 4.69) is 45.1 Å². The molecule has 0 radical (unpaired) electrons. The Morgan fingerprint density at radius 3 is 1.03 bits per heavy atom. The summed E-state index contributed by atoms with van der Waals surface area (Å²) in [5.74, 6) is -1.44. The molecule has 0 bridgehead atoms. The van der Waals surface area contributed by atoms with E-state index in [1.54, 1.807) is 0 Å². The maximum absolute atomic E-state index is 12.9. The van der Waals surface area contributed by atoms with Crippen LogP contribution in [0.4, 0.5) is 0 Å². The van der Waals surface area contributed by atoms with Crippen LogP contribution in [0.3, 0.4) is 0 Å². The third-order valence-electron chi connectivity index (χ3n) is 13.9. The Hall–Kier alpha value is -2.04. The average Bonchev–Trinajstić information content (AvgIpc) is 3.39. The first-order valence-corrected chi connectivity index (χ1v) is 32.7. The smallest absolute Gasteiger partial charge is 0.462 e. The van der Waals surface area contributed by atoms with Crippen LogP contribution in [0.5, 0.6) is 0 Å². The van der Waals surface area contributed by atoms with Gasteiger partial charge < -0.3 is 24.2 Å². The molecule has 12 heteroatoms. The van der Waals surface area contributed by atoms with Crippen molar-refractivity contribution < 1.29 is 52.2 Å². The van der Waals surface area contributed by atoms with E-state index in [4.69, 9.17) is 23.3 Å². The van der Waals surface area contributed by atoms with Gasteiger partial charge in [0.15, 0.2) is 6.10 Å². The van der Waals surface area contributed by atoms with Crippen LogP contribution in [0.1, 0.15) is 316 Å². The van der Waals surface area contributed by atoms with Gasteiger partial charge in [-0.3, -0.25) is 23.4 Å². The van der Waals surface area contributed by atoms with E-state index < -0.39 is 57.8 Å². The number of unbranched alkanes of at least 4 members (excludes halogenated alkanes) is 38. The lowest BCUT2D eigenvalue weighted by molar-refractivity contribution is -0.161. The van der Waals surface area contributed by atoms with Crippen molar-refractivity contribution in [1.29, 1.82) is 0 Å². The summed E-state index contributed by atoms with van der Waals surface area (Å²) >= 11 is 0. The molecular weight excluding hydrogens is 952 g/mol. The lowest BCUT2D eigenvalue weighted by Crippen LogP contribution is -2.30. The Morgan fingerprint density at radius 2 is 0.662 bits per heavy atom. The lowest BCUT2D eigenvalue weighted by Gasteiger charge is -2.21.